The normalized spacial score (nSPS) is 25.5. The highest BCUT2D eigenvalue weighted by molar-refractivity contribution is 6.07. The second-order valence-electron chi connectivity index (χ2n) is 4.09. The fourth-order valence-corrected chi connectivity index (χ4v) is 2.35. The number of fused-ring (bicyclic) bond motifs is 1. The quantitative estimate of drug-likeness (QED) is 0.627. The number of esters is 2. The second kappa shape index (κ2) is 4.29. The van der Waals surface area contributed by atoms with Gasteiger partial charge in [-0.05, 0) is 6.08 Å². The first kappa shape index (κ1) is 12.3. The molecule has 0 aromatic heterocycles. The van der Waals surface area contributed by atoms with E-state index in [1.165, 1.54) is 25.2 Å². The molecule has 0 radical (unpaired) electrons. The Morgan fingerprint density at radius 1 is 1.17 bits per heavy atom. The molecule has 1 aliphatic heterocycles. The molecule has 0 N–H and O–H groups in total. The highest BCUT2D eigenvalue weighted by Gasteiger charge is 2.51. The summed E-state index contributed by atoms with van der Waals surface area (Å²) in [5.41, 5.74) is 0.472. The van der Waals surface area contributed by atoms with Crippen molar-refractivity contribution in [1.82, 2.24) is 4.90 Å². The first-order valence-corrected chi connectivity index (χ1v) is 5.38. The van der Waals surface area contributed by atoms with Crippen LogP contribution in [-0.2, 0) is 23.9 Å². The van der Waals surface area contributed by atoms with Gasteiger partial charge in [0.25, 0.3) is 0 Å². The molecular weight excluding hydrogens is 238 g/mol. The van der Waals surface area contributed by atoms with Gasteiger partial charge in [-0.1, -0.05) is 6.08 Å². The maximum Gasteiger partial charge on any atom is 0.336 e. The lowest BCUT2D eigenvalue weighted by Crippen LogP contribution is -2.55. The molecule has 1 heterocycles. The summed E-state index contributed by atoms with van der Waals surface area (Å²) in [4.78, 5) is 36.3. The average molecular weight is 251 g/mol. The molecular formula is C12H13NO5. The van der Waals surface area contributed by atoms with Crippen LogP contribution in [0.3, 0.4) is 0 Å². The van der Waals surface area contributed by atoms with E-state index in [2.05, 4.69) is 9.47 Å². The zero-order valence-electron chi connectivity index (χ0n) is 10.3. The molecule has 0 saturated heterocycles. The van der Waals surface area contributed by atoms with Gasteiger partial charge in [-0.15, -0.1) is 0 Å². The van der Waals surface area contributed by atoms with Crippen LogP contribution in [0.5, 0.6) is 0 Å². The average Bonchev–Trinajstić information content (AvgIpc) is 2.34. The summed E-state index contributed by atoms with van der Waals surface area (Å²) < 4.78 is 9.29. The van der Waals surface area contributed by atoms with Gasteiger partial charge in [0.2, 0.25) is 5.91 Å². The topological polar surface area (TPSA) is 72.9 Å². The summed E-state index contributed by atoms with van der Waals surface area (Å²) in [5, 5.41) is 0. The molecule has 0 aromatic rings. The Morgan fingerprint density at radius 3 is 2.28 bits per heavy atom. The number of likely N-dealkylation sites (N-methyl/N-ethyl adjacent to an activating group) is 1. The van der Waals surface area contributed by atoms with Crippen molar-refractivity contribution in [2.75, 3.05) is 21.3 Å². The lowest BCUT2D eigenvalue weighted by Gasteiger charge is -2.44. The van der Waals surface area contributed by atoms with Crippen molar-refractivity contribution in [3.05, 3.63) is 23.3 Å². The van der Waals surface area contributed by atoms with Gasteiger partial charge in [-0.25, -0.2) is 9.59 Å². The second-order valence-corrected chi connectivity index (χ2v) is 4.09. The number of hydrogen-bond acceptors (Lipinski definition) is 5. The van der Waals surface area contributed by atoms with Crippen molar-refractivity contribution < 1.29 is 23.9 Å². The van der Waals surface area contributed by atoms with E-state index in [9.17, 15) is 14.4 Å². The van der Waals surface area contributed by atoms with Gasteiger partial charge < -0.3 is 14.4 Å². The molecule has 2 atom stereocenters. The molecule has 1 aliphatic carbocycles. The van der Waals surface area contributed by atoms with Crippen molar-refractivity contribution in [1.29, 1.82) is 0 Å². The number of nitrogens with zero attached hydrogens (tertiary/aromatic N) is 1. The maximum absolute atomic E-state index is 11.7. The third kappa shape index (κ3) is 1.53. The third-order valence-electron chi connectivity index (χ3n) is 3.28. The summed E-state index contributed by atoms with van der Waals surface area (Å²) in [7, 11) is 4.07. The Kier molecular flexibility index (Phi) is 2.94. The Labute approximate surface area is 104 Å². The molecule has 2 aliphatic rings. The van der Waals surface area contributed by atoms with Crippen molar-refractivity contribution in [3.8, 4) is 0 Å². The predicted molar refractivity (Wildman–Crippen MR) is 60.2 cm³/mol. The highest BCUT2D eigenvalue weighted by atomic mass is 16.5. The summed E-state index contributed by atoms with van der Waals surface area (Å²) in [6.07, 6.45) is 3.00. The Morgan fingerprint density at radius 2 is 1.72 bits per heavy atom. The predicted octanol–water partition coefficient (Wildman–Crippen LogP) is -0.344. The van der Waals surface area contributed by atoms with Crippen LogP contribution in [-0.4, -0.2) is 50.1 Å². The summed E-state index contributed by atoms with van der Waals surface area (Å²) in [5.74, 6) is -1.67. The minimum absolute atomic E-state index is 0.203. The Bertz CT molecular complexity index is 491. The molecule has 18 heavy (non-hydrogen) atoms. The summed E-state index contributed by atoms with van der Waals surface area (Å²) >= 11 is 0. The first-order valence-electron chi connectivity index (χ1n) is 5.38. The van der Waals surface area contributed by atoms with Gasteiger partial charge in [-0.2, -0.15) is 0 Å². The fourth-order valence-electron chi connectivity index (χ4n) is 2.35. The zero-order chi connectivity index (χ0) is 13.4. The van der Waals surface area contributed by atoms with Gasteiger partial charge in [0.05, 0.1) is 31.4 Å². The van der Waals surface area contributed by atoms with Crippen LogP contribution >= 0.6 is 0 Å². The number of carbonyl (C=O) groups excluding carboxylic acids is 3. The van der Waals surface area contributed by atoms with Crippen LogP contribution in [0, 0.1) is 5.92 Å². The van der Waals surface area contributed by atoms with Gasteiger partial charge in [0, 0.05) is 13.0 Å². The van der Waals surface area contributed by atoms with E-state index in [-0.39, 0.29) is 23.0 Å². The maximum atomic E-state index is 11.7. The number of hydrogen-bond donors (Lipinski definition) is 0. The van der Waals surface area contributed by atoms with Crippen molar-refractivity contribution in [2.24, 2.45) is 5.92 Å². The van der Waals surface area contributed by atoms with Crippen LogP contribution in [0.25, 0.3) is 0 Å². The van der Waals surface area contributed by atoms with E-state index in [1.54, 1.807) is 13.1 Å². The third-order valence-corrected chi connectivity index (χ3v) is 3.28. The van der Waals surface area contributed by atoms with Crippen LogP contribution in [0.15, 0.2) is 23.3 Å². The number of ether oxygens (including phenoxy) is 2. The Balaban J connectivity index is 2.46. The van der Waals surface area contributed by atoms with Gasteiger partial charge in [0.15, 0.2) is 0 Å². The van der Waals surface area contributed by atoms with E-state index in [0.717, 1.165) is 0 Å². The molecule has 0 aromatic carbocycles. The smallest absolute Gasteiger partial charge is 0.336 e. The molecule has 0 spiro atoms. The fraction of sp³-hybridized carbons (Fsp3) is 0.417. The summed E-state index contributed by atoms with van der Waals surface area (Å²) in [6, 6.07) is -0.441. The molecule has 2 rings (SSSR count). The highest BCUT2D eigenvalue weighted by Crippen LogP contribution is 2.42. The molecule has 6 heteroatoms. The minimum atomic E-state index is -0.605. The molecule has 2 unspecified atom stereocenters. The largest absolute Gasteiger partial charge is 0.466 e. The van der Waals surface area contributed by atoms with Gasteiger partial charge in [0.1, 0.15) is 0 Å². The van der Waals surface area contributed by atoms with Crippen LogP contribution < -0.4 is 0 Å². The summed E-state index contributed by atoms with van der Waals surface area (Å²) in [6.45, 7) is 0. The SMILES string of the molecule is COC(=O)C1=C(C(=O)OC)C2C1C=CC(=O)N2C. The number of methoxy groups -OCH3 is 2. The lowest BCUT2D eigenvalue weighted by atomic mass is 9.70. The van der Waals surface area contributed by atoms with E-state index in [1.807, 2.05) is 0 Å². The van der Waals surface area contributed by atoms with Gasteiger partial charge >= 0.3 is 11.9 Å². The van der Waals surface area contributed by atoms with E-state index < -0.39 is 18.0 Å². The molecule has 0 saturated carbocycles. The molecule has 96 valence electrons. The van der Waals surface area contributed by atoms with E-state index in [0.29, 0.717) is 0 Å². The monoisotopic (exact) mass is 251 g/mol. The Hall–Kier alpha value is -2.11. The lowest BCUT2D eigenvalue weighted by molar-refractivity contribution is -0.143. The molecule has 0 bridgehead atoms. The zero-order valence-corrected chi connectivity index (χ0v) is 10.3. The van der Waals surface area contributed by atoms with E-state index >= 15 is 0 Å². The minimum Gasteiger partial charge on any atom is -0.466 e. The van der Waals surface area contributed by atoms with Crippen LogP contribution in [0.4, 0.5) is 0 Å². The van der Waals surface area contributed by atoms with Gasteiger partial charge in [-0.3, -0.25) is 4.79 Å². The first-order chi connectivity index (χ1) is 8.52. The van der Waals surface area contributed by atoms with Crippen LogP contribution in [0.2, 0.25) is 0 Å². The van der Waals surface area contributed by atoms with Crippen molar-refractivity contribution in [3.63, 3.8) is 0 Å². The molecule has 1 amide bonds. The van der Waals surface area contributed by atoms with Crippen molar-refractivity contribution >= 4 is 17.8 Å². The van der Waals surface area contributed by atoms with Crippen LogP contribution in [0.1, 0.15) is 0 Å². The number of rotatable bonds is 2. The number of amides is 1. The number of carbonyl (C=O) groups is 3. The molecule has 0 fully saturated rings. The van der Waals surface area contributed by atoms with E-state index in [4.69, 9.17) is 0 Å². The standard InChI is InChI=1S/C12H13NO5/c1-13-7(14)5-4-6-8(11(15)17-2)9(10(6)13)12(16)18-3/h4-6,10H,1-3H3. The molecule has 6 nitrogen and oxygen atoms in total. The van der Waals surface area contributed by atoms with Crippen molar-refractivity contribution in [2.45, 2.75) is 6.04 Å².